The molecule has 0 bridgehead atoms. The highest BCUT2D eigenvalue weighted by molar-refractivity contribution is 5.85. The van der Waals surface area contributed by atoms with E-state index in [0.717, 1.165) is 0 Å². The molecule has 1 aromatic carbocycles. The molecule has 0 amide bonds. The van der Waals surface area contributed by atoms with Crippen molar-refractivity contribution < 1.29 is 28.6 Å². The second-order valence-corrected chi connectivity index (χ2v) is 10.3. The van der Waals surface area contributed by atoms with Gasteiger partial charge in [-0.1, -0.05) is 69.2 Å². The first-order chi connectivity index (χ1) is 13.9. The predicted molar refractivity (Wildman–Crippen MR) is 123 cm³/mol. The molecule has 5 nitrogen and oxygen atoms in total. The second-order valence-electron chi connectivity index (χ2n) is 10.3. The van der Waals surface area contributed by atoms with Gasteiger partial charge in [0.2, 0.25) is 0 Å². The Labute approximate surface area is 187 Å². The van der Waals surface area contributed by atoms with E-state index in [0.29, 0.717) is 18.0 Å². The van der Waals surface area contributed by atoms with Gasteiger partial charge in [0, 0.05) is 22.7 Å². The van der Waals surface area contributed by atoms with E-state index in [2.05, 4.69) is 0 Å². The van der Waals surface area contributed by atoms with Crippen molar-refractivity contribution in [3.05, 3.63) is 30.1 Å². The van der Waals surface area contributed by atoms with E-state index in [1.807, 2.05) is 48.5 Å². The summed E-state index contributed by atoms with van der Waals surface area (Å²) >= 11 is 0. The molecule has 0 atom stereocenters. The summed E-state index contributed by atoms with van der Waals surface area (Å²) in [6, 6.07) is 5.62. The first kappa shape index (κ1) is 31.1. The number of ketones is 3. The molecule has 0 aliphatic heterocycles. The summed E-state index contributed by atoms with van der Waals surface area (Å²) in [4.78, 5) is 32.9. The molecule has 0 aromatic heterocycles. The highest BCUT2D eigenvalue weighted by Crippen LogP contribution is 2.17. The van der Waals surface area contributed by atoms with Crippen LogP contribution >= 0.6 is 0 Å². The first-order valence-electron chi connectivity index (χ1n) is 10.4. The Hall–Kier alpha value is -2.08. The van der Waals surface area contributed by atoms with Crippen molar-refractivity contribution in [3.63, 3.8) is 0 Å². The van der Waals surface area contributed by atoms with Gasteiger partial charge in [0.15, 0.2) is 11.6 Å². The average molecular weight is 441 g/mol. The van der Waals surface area contributed by atoms with Crippen LogP contribution in [0.15, 0.2) is 24.3 Å². The van der Waals surface area contributed by atoms with Crippen LogP contribution < -0.4 is 4.74 Å². The molecule has 6 heteroatoms. The molecule has 31 heavy (non-hydrogen) atoms. The predicted octanol–water partition coefficient (Wildman–Crippen LogP) is 5.43. The minimum atomic E-state index is -0.403. The van der Waals surface area contributed by atoms with Crippen LogP contribution in [0.2, 0.25) is 0 Å². The van der Waals surface area contributed by atoms with Gasteiger partial charge in [-0.25, -0.2) is 4.39 Å². The minimum absolute atomic E-state index is 0.0202. The van der Waals surface area contributed by atoms with Gasteiger partial charge in [0.25, 0.3) is 0 Å². The molecule has 1 rings (SSSR count). The fraction of sp³-hybridized carbons (Fsp3) is 0.640. The third-order valence-corrected chi connectivity index (χ3v) is 4.16. The third kappa shape index (κ3) is 15.4. The van der Waals surface area contributed by atoms with E-state index in [9.17, 15) is 18.8 Å². The summed E-state index contributed by atoms with van der Waals surface area (Å²) in [5.41, 5.74) is -0.913. The molecule has 0 heterocycles. The number of aliphatic hydroxyl groups excluding tert-OH is 1. The number of ether oxygens (including phenoxy) is 1. The van der Waals surface area contributed by atoms with Crippen LogP contribution in [0.1, 0.15) is 75.7 Å². The Morgan fingerprint density at radius 3 is 1.39 bits per heavy atom. The molecule has 0 aliphatic rings. The van der Waals surface area contributed by atoms with Crippen molar-refractivity contribution in [2.45, 2.75) is 75.7 Å². The lowest BCUT2D eigenvalue weighted by molar-refractivity contribution is -0.129. The van der Waals surface area contributed by atoms with Crippen molar-refractivity contribution in [3.8, 4) is 5.75 Å². The van der Waals surface area contributed by atoms with E-state index in [1.165, 1.54) is 24.3 Å². The molecule has 0 radical (unpaired) electrons. The maximum atomic E-state index is 12.6. The van der Waals surface area contributed by atoms with Crippen molar-refractivity contribution in [1.29, 1.82) is 0 Å². The van der Waals surface area contributed by atoms with Crippen molar-refractivity contribution in [2.24, 2.45) is 16.2 Å². The van der Waals surface area contributed by atoms with Crippen LogP contribution in [-0.2, 0) is 14.4 Å². The number of hydrogen-bond donors (Lipinski definition) is 1. The molecule has 0 fully saturated rings. The first-order valence-corrected chi connectivity index (χ1v) is 10.4. The number of rotatable bonds is 5. The van der Waals surface area contributed by atoms with Crippen molar-refractivity contribution >= 4 is 17.3 Å². The van der Waals surface area contributed by atoms with Crippen LogP contribution in [-0.4, -0.2) is 35.7 Å². The fourth-order valence-corrected chi connectivity index (χ4v) is 1.66. The standard InChI is InChI=1S/C12H15FO2.C7H14O.C6H12O2/c1-12(2,3)11(14)8-15-10-6-4-9(13)5-7-10;1-5-6(8)7(2,3)4;1-6(2,3)5(8)4-7/h4-7H,8H2,1-3H3;5H2,1-4H3;7H,4H2,1-3H3. The zero-order valence-electron chi connectivity index (χ0n) is 20.9. The van der Waals surface area contributed by atoms with Gasteiger partial charge in [0.05, 0.1) is 0 Å². The minimum Gasteiger partial charge on any atom is -0.486 e. The van der Waals surface area contributed by atoms with E-state index in [4.69, 9.17) is 9.84 Å². The molecule has 1 aromatic rings. The summed E-state index contributed by atoms with van der Waals surface area (Å²) in [7, 11) is 0. The Kier molecular flexibility index (Phi) is 13.4. The highest BCUT2D eigenvalue weighted by atomic mass is 19.1. The molecular weight excluding hydrogens is 399 g/mol. The van der Waals surface area contributed by atoms with Crippen LogP contribution in [0.3, 0.4) is 0 Å². The largest absolute Gasteiger partial charge is 0.486 e. The normalized spacial score (nSPS) is 11.4. The van der Waals surface area contributed by atoms with Gasteiger partial charge in [-0.15, -0.1) is 0 Å². The molecule has 0 unspecified atom stereocenters. The summed E-state index contributed by atoms with van der Waals surface area (Å²) in [6.45, 7) is 18.3. The smallest absolute Gasteiger partial charge is 0.175 e. The SMILES string of the molecule is CC(C)(C)C(=O)CO.CC(C)(C)C(=O)COc1ccc(F)cc1.CCC(=O)C(C)(C)C. The lowest BCUT2D eigenvalue weighted by Gasteiger charge is -2.16. The van der Waals surface area contributed by atoms with Crippen molar-refractivity contribution in [1.82, 2.24) is 0 Å². The average Bonchev–Trinajstić information content (AvgIpc) is 2.64. The number of carbonyl (C=O) groups excluding carboxylic acids is 3. The molecule has 0 saturated heterocycles. The molecule has 0 saturated carbocycles. The van der Waals surface area contributed by atoms with Gasteiger partial charge in [0.1, 0.15) is 30.6 Å². The van der Waals surface area contributed by atoms with Crippen LogP contribution in [0.4, 0.5) is 4.39 Å². The monoisotopic (exact) mass is 440 g/mol. The Balaban J connectivity index is 0. The molecule has 0 aliphatic carbocycles. The van der Waals surface area contributed by atoms with Gasteiger partial charge in [-0.2, -0.15) is 0 Å². The van der Waals surface area contributed by atoms with E-state index in [1.54, 1.807) is 20.8 Å². The molecular formula is C25H41FO5. The van der Waals surface area contributed by atoms with E-state index >= 15 is 0 Å². The van der Waals surface area contributed by atoms with Crippen molar-refractivity contribution in [2.75, 3.05) is 13.2 Å². The van der Waals surface area contributed by atoms with Gasteiger partial charge >= 0.3 is 0 Å². The van der Waals surface area contributed by atoms with Crippen LogP contribution in [0.25, 0.3) is 0 Å². The molecule has 1 N–H and O–H groups in total. The second kappa shape index (κ2) is 13.4. The lowest BCUT2D eigenvalue weighted by atomic mass is 9.90. The number of benzene rings is 1. The summed E-state index contributed by atoms with van der Waals surface area (Å²) in [5, 5.41) is 8.32. The van der Waals surface area contributed by atoms with Gasteiger partial charge in [-0.05, 0) is 24.3 Å². The number of carbonyl (C=O) groups is 3. The summed E-state index contributed by atoms with van der Waals surface area (Å²) in [6.07, 6.45) is 0.656. The fourth-order valence-electron chi connectivity index (χ4n) is 1.66. The number of hydrogen-bond acceptors (Lipinski definition) is 5. The highest BCUT2D eigenvalue weighted by Gasteiger charge is 2.21. The van der Waals surface area contributed by atoms with Crippen LogP contribution in [0, 0.1) is 22.1 Å². The topological polar surface area (TPSA) is 80.7 Å². The quantitative estimate of drug-likeness (QED) is 0.661. The summed E-state index contributed by atoms with van der Waals surface area (Å²) in [5.74, 6) is 0.431. The Morgan fingerprint density at radius 1 is 0.774 bits per heavy atom. The number of halogens is 1. The maximum Gasteiger partial charge on any atom is 0.175 e. The zero-order chi connectivity index (χ0) is 25.0. The Bertz CT molecular complexity index is 661. The van der Waals surface area contributed by atoms with Gasteiger partial charge < -0.3 is 9.84 Å². The lowest BCUT2D eigenvalue weighted by Crippen LogP contribution is -2.26. The molecule has 0 spiro atoms. The maximum absolute atomic E-state index is 12.6. The zero-order valence-corrected chi connectivity index (χ0v) is 20.9. The molecule has 178 valence electrons. The third-order valence-electron chi connectivity index (χ3n) is 4.16. The number of aliphatic hydroxyl groups is 1. The summed E-state index contributed by atoms with van der Waals surface area (Å²) < 4.78 is 17.8. The van der Waals surface area contributed by atoms with E-state index in [-0.39, 0.29) is 41.4 Å². The van der Waals surface area contributed by atoms with E-state index < -0.39 is 5.41 Å². The Morgan fingerprint density at radius 2 is 1.16 bits per heavy atom. The van der Waals surface area contributed by atoms with Gasteiger partial charge in [-0.3, -0.25) is 14.4 Å². The van der Waals surface area contributed by atoms with Crippen LogP contribution in [0.5, 0.6) is 5.75 Å². The number of Topliss-reactive ketones (excluding diaryl/α,β-unsaturated/α-hetero) is 3.